The van der Waals surface area contributed by atoms with Crippen LogP contribution in [-0.2, 0) is 14.3 Å². The van der Waals surface area contributed by atoms with E-state index in [1.54, 1.807) is 0 Å². The van der Waals surface area contributed by atoms with Crippen molar-refractivity contribution in [2.75, 3.05) is 32.8 Å². The van der Waals surface area contributed by atoms with Crippen LogP contribution in [0.2, 0.25) is 0 Å². The van der Waals surface area contributed by atoms with E-state index in [1.807, 2.05) is 0 Å². The number of hydrogen-bond donors (Lipinski definition) is 2. The van der Waals surface area contributed by atoms with Crippen LogP contribution in [0.15, 0.2) is 0 Å². The summed E-state index contributed by atoms with van der Waals surface area (Å²) in [7, 11) is 0. The summed E-state index contributed by atoms with van der Waals surface area (Å²) in [5, 5.41) is 5.99. The van der Waals surface area contributed by atoms with Gasteiger partial charge >= 0.3 is 0 Å². The van der Waals surface area contributed by atoms with Gasteiger partial charge in [-0.1, -0.05) is 0 Å². The lowest BCUT2D eigenvalue weighted by molar-refractivity contribution is -0.134. The molecule has 2 heterocycles. The van der Waals surface area contributed by atoms with Crippen LogP contribution in [0.3, 0.4) is 0 Å². The lowest BCUT2D eigenvalue weighted by Crippen LogP contribution is -2.49. The maximum absolute atomic E-state index is 11.6. The molecule has 2 unspecified atom stereocenters. The standard InChI is InChI=1S/C10H18N2O3.ClH/c13-10(9-7-11-3-5-15-9)12-6-8-2-1-4-14-8;/h8-9,11H,1-7H2,(H,12,13);1H. The van der Waals surface area contributed by atoms with Crippen molar-refractivity contribution in [3.05, 3.63) is 0 Å². The smallest absolute Gasteiger partial charge is 0.250 e. The number of rotatable bonds is 3. The molecule has 16 heavy (non-hydrogen) atoms. The molecular weight excluding hydrogens is 232 g/mol. The second-order valence-corrected chi connectivity index (χ2v) is 3.94. The van der Waals surface area contributed by atoms with Crippen molar-refractivity contribution in [3.63, 3.8) is 0 Å². The Morgan fingerprint density at radius 1 is 1.38 bits per heavy atom. The Labute approximate surface area is 102 Å². The summed E-state index contributed by atoms with van der Waals surface area (Å²) in [6.45, 7) is 3.48. The van der Waals surface area contributed by atoms with Gasteiger partial charge in [0, 0.05) is 26.2 Å². The van der Waals surface area contributed by atoms with Gasteiger partial charge in [0.15, 0.2) is 0 Å². The molecule has 5 nitrogen and oxygen atoms in total. The average molecular weight is 251 g/mol. The van der Waals surface area contributed by atoms with E-state index < -0.39 is 0 Å². The summed E-state index contributed by atoms with van der Waals surface area (Å²) in [6, 6.07) is 0. The van der Waals surface area contributed by atoms with Crippen molar-refractivity contribution in [2.45, 2.75) is 25.0 Å². The summed E-state index contributed by atoms with van der Waals surface area (Å²) in [5.41, 5.74) is 0. The van der Waals surface area contributed by atoms with Gasteiger partial charge in [0.05, 0.1) is 12.7 Å². The van der Waals surface area contributed by atoms with Crippen molar-refractivity contribution in [1.29, 1.82) is 0 Å². The number of halogens is 1. The molecule has 2 saturated heterocycles. The highest BCUT2D eigenvalue weighted by molar-refractivity contribution is 5.85. The molecule has 0 bridgehead atoms. The van der Waals surface area contributed by atoms with E-state index in [1.165, 1.54) is 0 Å². The zero-order valence-electron chi connectivity index (χ0n) is 9.24. The minimum absolute atomic E-state index is 0. The average Bonchev–Trinajstić information content (AvgIpc) is 2.80. The molecule has 2 rings (SSSR count). The quantitative estimate of drug-likeness (QED) is 0.722. The van der Waals surface area contributed by atoms with Crippen LogP contribution in [0.1, 0.15) is 12.8 Å². The fraction of sp³-hybridized carbons (Fsp3) is 0.900. The van der Waals surface area contributed by atoms with Gasteiger partial charge in [-0.05, 0) is 12.8 Å². The third-order valence-electron chi connectivity index (χ3n) is 2.75. The van der Waals surface area contributed by atoms with E-state index in [4.69, 9.17) is 9.47 Å². The summed E-state index contributed by atoms with van der Waals surface area (Å²) < 4.78 is 10.8. The Kier molecular flexibility index (Phi) is 6.05. The molecule has 0 aromatic rings. The molecule has 94 valence electrons. The van der Waals surface area contributed by atoms with E-state index in [-0.39, 0.29) is 30.5 Å². The Morgan fingerprint density at radius 3 is 2.88 bits per heavy atom. The largest absolute Gasteiger partial charge is 0.376 e. The Hall–Kier alpha value is -0.360. The van der Waals surface area contributed by atoms with Gasteiger partial charge in [0.2, 0.25) is 0 Å². The molecule has 2 N–H and O–H groups in total. The molecular formula is C10H19ClN2O3. The van der Waals surface area contributed by atoms with Gasteiger partial charge in [-0.3, -0.25) is 4.79 Å². The lowest BCUT2D eigenvalue weighted by Gasteiger charge is -2.23. The Balaban J connectivity index is 0.00000128. The second-order valence-electron chi connectivity index (χ2n) is 3.94. The van der Waals surface area contributed by atoms with Crippen LogP contribution >= 0.6 is 12.4 Å². The van der Waals surface area contributed by atoms with Gasteiger partial charge in [-0.15, -0.1) is 12.4 Å². The number of ether oxygens (including phenoxy) is 2. The van der Waals surface area contributed by atoms with Gasteiger partial charge in [-0.2, -0.15) is 0 Å². The Morgan fingerprint density at radius 2 is 2.25 bits per heavy atom. The monoisotopic (exact) mass is 250 g/mol. The summed E-state index contributed by atoms with van der Waals surface area (Å²) in [6.07, 6.45) is 2.01. The Bertz CT molecular complexity index is 216. The van der Waals surface area contributed by atoms with Crippen LogP contribution in [0.5, 0.6) is 0 Å². The SMILES string of the molecule is Cl.O=C(NCC1CCCO1)C1CNCCO1. The van der Waals surface area contributed by atoms with Crippen LogP contribution in [0, 0.1) is 0 Å². The summed E-state index contributed by atoms with van der Waals surface area (Å²) in [5.74, 6) is -0.0299. The predicted octanol–water partition coefficient (Wildman–Crippen LogP) is -0.308. The zero-order chi connectivity index (χ0) is 10.5. The lowest BCUT2D eigenvalue weighted by atomic mass is 10.2. The number of carbonyl (C=O) groups is 1. The first-order valence-corrected chi connectivity index (χ1v) is 5.58. The molecule has 2 aliphatic heterocycles. The van der Waals surface area contributed by atoms with E-state index in [2.05, 4.69) is 10.6 Å². The topological polar surface area (TPSA) is 59.6 Å². The van der Waals surface area contributed by atoms with Crippen molar-refractivity contribution in [1.82, 2.24) is 10.6 Å². The third-order valence-corrected chi connectivity index (χ3v) is 2.75. The number of carbonyl (C=O) groups excluding carboxylic acids is 1. The third kappa shape index (κ3) is 3.90. The first-order valence-electron chi connectivity index (χ1n) is 5.58. The molecule has 2 fully saturated rings. The maximum Gasteiger partial charge on any atom is 0.250 e. The molecule has 1 amide bonds. The number of nitrogens with one attached hydrogen (secondary N) is 2. The molecule has 0 aromatic carbocycles. The molecule has 6 heteroatoms. The van der Waals surface area contributed by atoms with Crippen molar-refractivity contribution >= 4 is 18.3 Å². The molecule has 0 saturated carbocycles. The van der Waals surface area contributed by atoms with E-state index in [0.717, 1.165) is 26.0 Å². The molecule has 2 aliphatic rings. The molecule has 0 aliphatic carbocycles. The number of amides is 1. The minimum Gasteiger partial charge on any atom is -0.376 e. The van der Waals surface area contributed by atoms with Gasteiger partial charge in [-0.25, -0.2) is 0 Å². The van der Waals surface area contributed by atoms with Crippen molar-refractivity contribution in [3.8, 4) is 0 Å². The van der Waals surface area contributed by atoms with E-state index in [9.17, 15) is 4.79 Å². The zero-order valence-corrected chi connectivity index (χ0v) is 10.1. The number of morpholine rings is 1. The molecule has 2 atom stereocenters. The normalized spacial score (nSPS) is 29.5. The minimum atomic E-state index is -0.333. The van der Waals surface area contributed by atoms with Gasteiger partial charge in [0.1, 0.15) is 6.10 Å². The van der Waals surface area contributed by atoms with Crippen LogP contribution in [0.25, 0.3) is 0 Å². The summed E-state index contributed by atoms with van der Waals surface area (Å²) in [4.78, 5) is 11.6. The van der Waals surface area contributed by atoms with E-state index in [0.29, 0.717) is 19.7 Å². The molecule has 0 radical (unpaired) electrons. The van der Waals surface area contributed by atoms with Crippen LogP contribution in [0.4, 0.5) is 0 Å². The molecule has 0 aromatic heterocycles. The highest BCUT2D eigenvalue weighted by Gasteiger charge is 2.23. The van der Waals surface area contributed by atoms with Crippen LogP contribution in [-0.4, -0.2) is 51.0 Å². The second kappa shape index (κ2) is 7.06. The van der Waals surface area contributed by atoms with Gasteiger partial charge < -0.3 is 20.1 Å². The van der Waals surface area contributed by atoms with Crippen molar-refractivity contribution in [2.24, 2.45) is 0 Å². The highest BCUT2D eigenvalue weighted by Crippen LogP contribution is 2.10. The number of hydrogen-bond acceptors (Lipinski definition) is 4. The maximum atomic E-state index is 11.6. The van der Waals surface area contributed by atoms with Gasteiger partial charge in [0.25, 0.3) is 5.91 Å². The molecule has 0 spiro atoms. The first kappa shape index (κ1) is 13.7. The summed E-state index contributed by atoms with van der Waals surface area (Å²) >= 11 is 0. The predicted molar refractivity (Wildman–Crippen MR) is 61.8 cm³/mol. The van der Waals surface area contributed by atoms with E-state index >= 15 is 0 Å². The first-order chi connectivity index (χ1) is 7.36. The fourth-order valence-corrected chi connectivity index (χ4v) is 1.87. The van der Waals surface area contributed by atoms with Crippen LogP contribution < -0.4 is 10.6 Å². The highest BCUT2D eigenvalue weighted by atomic mass is 35.5. The fourth-order valence-electron chi connectivity index (χ4n) is 1.87. The van der Waals surface area contributed by atoms with Crippen molar-refractivity contribution < 1.29 is 14.3 Å².